The number of benzene rings is 1. The highest BCUT2D eigenvalue weighted by molar-refractivity contribution is 5.74. The van der Waals surface area contributed by atoms with Crippen LogP contribution in [0.25, 0.3) is 0 Å². The molecule has 0 radical (unpaired) electrons. The molecule has 6 heteroatoms. The topological polar surface area (TPSA) is 83.7 Å². The summed E-state index contributed by atoms with van der Waals surface area (Å²) in [5, 5.41) is 19.7. The van der Waals surface area contributed by atoms with Crippen LogP contribution in [0.2, 0.25) is 0 Å². The molecule has 1 N–H and O–H groups in total. The highest BCUT2D eigenvalue weighted by Crippen LogP contribution is 2.24. The molecule has 1 rings (SSSR count). The summed E-state index contributed by atoms with van der Waals surface area (Å²) >= 11 is 0. The van der Waals surface area contributed by atoms with Gasteiger partial charge < -0.3 is 10.0 Å². The van der Waals surface area contributed by atoms with Crippen molar-refractivity contribution in [3.05, 3.63) is 33.9 Å². The molecule has 0 aromatic heterocycles. The fourth-order valence-electron chi connectivity index (χ4n) is 1.91. The standard InChI is InChI=1S/C13H18N2O4/c1-9(2)7-14(8-13(16)17)11-4-5-12(15(18)19)10(3)6-11/h4-6,9H,7-8H2,1-3H3,(H,16,17). The van der Waals surface area contributed by atoms with Gasteiger partial charge >= 0.3 is 5.97 Å². The summed E-state index contributed by atoms with van der Waals surface area (Å²) in [6, 6.07) is 4.67. The van der Waals surface area contributed by atoms with Gasteiger partial charge in [-0.1, -0.05) is 13.8 Å². The minimum absolute atomic E-state index is 0.0450. The lowest BCUT2D eigenvalue weighted by Crippen LogP contribution is -2.33. The second-order valence-electron chi connectivity index (χ2n) is 4.90. The van der Waals surface area contributed by atoms with Gasteiger partial charge in [-0.3, -0.25) is 14.9 Å². The Morgan fingerprint density at radius 1 is 1.47 bits per heavy atom. The van der Waals surface area contributed by atoms with Crippen LogP contribution in [-0.4, -0.2) is 29.1 Å². The van der Waals surface area contributed by atoms with E-state index in [0.29, 0.717) is 23.7 Å². The third-order valence-electron chi connectivity index (χ3n) is 2.65. The van der Waals surface area contributed by atoms with Crippen LogP contribution in [0, 0.1) is 23.0 Å². The summed E-state index contributed by atoms with van der Waals surface area (Å²) in [5.41, 5.74) is 1.27. The van der Waals surface area contributed by atoms with Gasteiger partial charge in [0.05, 0.1) is 4.92 Å². The second kappa shape index (κ2) is 6.17. The van der Waals surface area contributed by atoms with E-state index < -0.39 is 10.9 Å². The van der Waals surface area contributed by atoms with Crippen LogP contribution in [-0.2, 0) is 4.79 Å². The molecule has 0 saturated carbocycles. The molecular formula is C13H18N2O4. The van der Waals surface area contributed by atoms with Crippen molar-refractivity contribution in [2.45, 2.75) is 20.8 Å². The fourth-order valence-corrected chi connectivity index (χ4v) is 1.91. The lowest BCUT2D eigenvalue weighted by atomic mass is 10.1. The van der Waals surface area contributed by atoms with E-state index in [-0.39, 0.29) is 12.2 Å². The monoisotopic (exact) mass is 266 g/mol. The molecule has 0 aliphatic carbocycles. The van der Waals surface area contributed by atoms with Crippen molar-refractivity contribution in [2.75, 3.05) is 18.0 Å². The van der Waals surface area contributed by atoms with Crippen molar-refractivity contribution in [1.82, 2.24) is 0 Å². The zero-order valence-corrected chi connectivity index (χ0v) is 11.3. The number of hydrogen-bond donors (Lipinski definition) is 1. The summed E-state index contributed by atoms with van der Waals surface area (Å²) < 4.78 is 0. The maximum Gasteiger partial charge on any atom is 0.323 e. The summed E-state index contributed by atoms with van der Waals surface area (Å²) in [5.74, 6) is -0.619. The molecule has 0 spiro atoms. The van der Waals surface area contributed by atoms with Gasteiger partial charge in [0, 0.05) is 23.9 Å². The van der Waals surface area contributed by atoms with Crippen molar-refractivity contribution < 1.29 is 14.8 Å². The molecule has 0 aliphatic rings. The fraction of sp³-hybridized carbons (Fsp3) is 0.462. The van der Waals surface area contributed by atoms with E-state index in [1.54, 1.807) is 24.0 Å². The summed E-state index contributed by atoms with van der Waals surface area (Å²) in [6.07, 6.45) is 0. The molecule has 104 valence electrons. The lowest BCUT2D eigenvalue weighted by Gasteiger charge is -2.25. The largest absolute Gasteiger partial charge is 0.480 e. The van der Waals surface area contributed by atoms with Gasteiger partial charge in [-0.15, -0.1) is 0 Å². The highest BCUT2D eigenvalue weighted by atomic mass is 16.6. The predicted molar refractivity (Wildman–Crippen MR) is 72.5 cm³/mol. The molecule has 0 amide bonds. The van der Waals surface area contributed by atoms with Gasteiger partial charge in [-0.05, 0) is 25.0 Å². The predicted octanol–water partition coefficient (Wildman–Crippen LogP) is 2.45. The molecule has 1 aromatic rings. The van der Waals surface area contributed by atoms with E-state index in [0.717, 1.165) is 0 Å². The zero-order valence-electron chi connectivity index (χ0n) is 11.3. The average Bonchev–Trinajstić information content (AvgIpc) is 2.26. The van der Waals surface area contributed by atoms with Crippen LogP contribution in [0.1, 0.15) is 19.4 Å². The maximum absolute atomic E-state index is 10.9. The van der Waals surface area contributed by atoms with Crippen LogP contribution in [0.15, 0.2) is 18.2 Å². The molecule has 0 heterocycles. The van der Waals surface area contributed by atoms with Gasteiger partial charge in [0.2, 0.25) is 0 Å². The summed E-state index contributed by atoms with van der Waals surface area (Å²) in [6.45, 7) is 6.11. The first-order chi connectivity index (χ1) is 8.81. The number of carboxylic acids is 1. The number of hydrogen-bond acceptors (Lipinski definition) is 4. The molecule has 0 fully saturated rings. The Kier molecular flexibility index (Phi) is 4.86. The zero-order chi connectivity index (χ0) is 14.6. The Morgan fingerprint density at radius 2 is 2.11 bits per heavy atom. The van der Waals surface area contributed by atoms with Crippen LogP contribution < -0.4 is 4.90 Å². The van der Waals surface area contributed by atoms with Crippen molar-refractivity contribution in [3.63, 3.8) is 0 Å². The number of nitrogens with zero attached hydrogens (tertiary/aromatic N) is 2. The van der Waals surface area contributed by atoms with Crippen LogP contribution in [0.3, 0.4) is 0 Å². The minimum atomic E-state index is -0.920. The molecule has 0 unspecified atom stereocenters. The maximum atomic E-state index is 10.9. The molecular weight excluding hydrogens is 248 g/mol. The first kappa shape index (κ1) is 14.9. The van der Waals surface area contributed by atoms with E-state index in [1.807, 2.05) is 13.8 Å². The molecule has 0 bridgehead atoms. The molecule has 0 aliphatic heterocycles. The van der Waals surface area contributed by atoms with Crippen LogP contribution in [0.4, 0.5) is 11.4 Å². The number of anilines is 1. The lowest BCUT2D eigenvalue weighted by molar-refractivity contribution is -0.385. The third-order valence-corrected chi connectivity index (χ3v) is 2.65. The highest BCUT2D eigenvalue weighted by Gasteiger charge is 2.16. The van der Waals surface area contributed by atoms with Gasteiger partial charge in [0.25, 0.3) is 5.69 Å². The van der Waals surface area contributed by atoms with Gasteiger partial charge in [0.15, 0.2) is 0 Å². The van der Waals surface area contributed by atoms with Gasteiger partial charge in [-0.25, -0.2) is 0 Å². The van der Waals surface area contributed by atoms with E-state index in [2.05, 4.69) is 0 Å². The number of aryl methyl sites for hydroxylation is 1. The molecule has 1 aromatic carbocycles. The first-order valence-electron chi connectivity index (χ1n) is 6.03. The molecule has 0 saturated heterocycles. The number of carboxylic acid groups (broad SMARTS) is 1. The second-order valence-corrected chi connectivity index (χ2v) is 4.90. The third kappa shape index (κ3) is 4.24. The van der Waals surface area contributed by atoms with E-state index in [1.165, 1.54) is 6.07 Å². The Bertz CT molecular complexity index is 486. The van der Waals surface area contributed by atoms with E-state index >= 15 is 0 Å². The first-order valence-corrected chi connectivity index (χ1v) is 6.03. The van der Waals surface area contributed by atoms with Gasteiger partial charge in [0.1, 0.15) is 6.54 Å². The molecule has 0 atom stereocenters. The number of rotatable bonds is 6. The molecule has 19 heavy (non-hydrogen) atoms. The average molecular weight is 266 g/mol. The Morgan fingerprint density at radius 3 is 2.53 bits per heavy atom. The van der Waals surface area contributed by atoms with Crippen molar-refractivity contribution in [3.8, 4) is 0 Å². The molecule has 6 nitrogen and oxygen atoms in total. The Labute approximate surface area is 111 Å². The quantitative estimate of drug-likeness (QED) is 0.631. The Balaban J connectivity index is 3.05. The van der Waals surface area contributed by atoms with Crippen LogP contribution >= 0.6 is 0 Å². The van der Waals surface area contributed by atoms with Crippen molar-refractivity contribution in [2.24, 2.45) is 5.92 Å². The SMILES string of the molecule is Cc1cc(N(CC(=O)O)CC(C)C)ccc1[N+](=O)[O-]. The number of carbonyl (C=O) groups is 1. The smallest absolute Gasteiger partial charge is 0.323 e. The number of nitro groups is 1. The number of nitro benzene ring substituents is 1. The number of aliphatic carboxylic acids is 1. The van der Waals surface area contributed by atoms with Crippen molar-refractivity contribution >= 4 is 17.3 Å². The van der Waals surface area contributed by atoms with Crippen LogP contribution in [0.5, 0.6) is 0 Å². The Hall–Kier alpha value is -2.11. The van der Waals surface area contributed by atoms with E-state index in [9.17, 15) is 14.9 Å². The minimum Gasteiger partial charge on any atom is -0.480 e. The summed E-state index contributed by atoms with van der Waals surface area (Å²) in [7, 11) is 0. The van der Waals surface area contributed by atoms with Crippen molar-refractivity contribution in [1.29, 1.82) is 0 Å². The van der Waals surface area contributed by atoms with E-state index in [4.69, 9.17) is 5.11 Å². The summed E-state index contributed by atoms with van der Waals surface area (Å²) in [4.78, 5) is 22.9. The normalized spacial score (nSPS) is 10.5. The van der Waals surface area contributed by atoms with Gasteiger partial charge in [-0.2, -0.15) is 0 Å².